The number of carbonyl (C=O) groups excluding carboxylic acids is 1. The Morgan fingerprint density at radius 1 is 0.912 bits per heavy atom. The molecule has 174 valence electrons. The molecule has 1 atom stereocenters. The largest absolute Gasteiger partial charge is 0.325 e. The van der Waals surface area contributed by atoms with E-state index in [2.05, 4.69) is 10.3 Å². The van der Waals surface area contributed by atoms with E-state index in [1.807, 2.05) is 68.4 Å². The zero-order valence-electron chi connectivity index (χ0n) is 19.1. The molecule has 1 unspecified atom stereocenters. The number of nitrogens with zero attached hydrogens (tertiary/aromatic N) is 2. The van der Waals surface area contributed by atoms with Crippen molar-refractivity contribution in [1.29, 1.82) is 0 Å². The number of hydrogen-bond acceptors (Lipinski definition) is 5. The Morgan fingerprint density at radius 2 is 1.50 bits per heavy atom. The standard InChI is InChI=1S/C26H25N3O3S2/c1-18-9-13-22(14-10-18)28-25(30)20(3)33-26-27-17-24(21-7-5-4-6-8-21)29(26)34(31,32)23-15-11-19(2)12-16-23/h4-17,20H,1-3H3,(H,28,30). The molecular formula is C26H25N3O3S2. The van der Waals surface area contributed by atoms with Crippen molar-refractivity contribution in [3.63, 3.8) is 0 Å². The lowest BCUT2D eigenvalue weighted by Gasteiger charge is -2.16. The summed E-state index contributed by atoms with van der Waals surface area (Å²) < 4.78 is 28.6. The first-order valence-electron chi connectivity index (χ1n) is 10.8. The number of aromatic nitrogens is 2. The summed E-state index contributed by atoms with van der Waals surface area (Å²) in [7, 11) is -3.96. The molecule has 0 bridgehead atoms. The van der Waals surface area contributed by atoms with Gasteiger partial charge >= 0.3 is 0 Å². The Kier molecular flexibility index (Phi) is 6.90. The van der Waals surface area contributed by atoms with E-state index in [4.69, 9.17) is 0 Å². The molecule has 34 heavy (non-hydrogen) atoms. The van der Waals surface area contributed by atoms with Crippen LogP contribution < -0.4 is 5.32 Å². The zero-order valence-corrected chi connectivity index (χ0v) is 20.7. The summed E-state index contributed by atoms with van der Waals surface area (Å²) in [6.45, 7) is 5.61. The van der Waals surface area contributed by atoms with Gasteiger partial charge in [0.05, 0.1) is 22.0 Å². The van der Waals surface area contributed by atoms with Crippen molar-refractivity contribution in [2.24, 2.45) is 0 Å². The van der Waals surface area contributed by atoms with Gasteiger partial charge in [0.2, 0.25) is 5.91 Å². The Hall–Kier alpha value is -3.36. The maximum Gasteiger partial charge on any atom is 0.270 e. The first kappa shape index (κ1) is 23.8. The predicted molar refractivity (Wildman–Crippen MR) is 137 cm³/mol. The van der Waals surface area contributed by atoms with Gasteiger partial charge < -0.3 is 5.32 Å². The maximum absolute atomic E-state index is 13.7. The number of anilines is 1. The molecule has 8 heteroatoms. The van der Waals surface area contributed by atoms with E-state index in [1.165, 1.54) is 10.2 Å². The van der Waals surface area contributed by atoms with Crippen LogP contribution in [0.25, 0.3) is 11.3 Å². The van der Waals surface area contributed by atoms with Crippen LogP contribution in [0, 0.1) is 13.8 Å². The number of rotatable bonds is 7. The summed E-state index contributed by atoms with van der Waals surface area (Å²) >= 11 is 1.10. The van der Waals surface area contributed by atoms with Crippen LogP contribution in [0.5, 0.6) is 0 Å². The monoisotopic (exact) mass is 491 g/mol. The van der Waals surface area contributed by atoms with E-state index < -0.39 is 15.3 Å². The van der Waals surface area contributed by atoms with E-state index in [9.17, 15) is 13.2 Å². The maximum atomic E-state index is 13.7. The predicted octanol–water partition coefficient (Wildman–Crippen LogP) is 5.52. The summed E-state index contributed by atoms with van der Waals surface area (Å²) in [5.41, 5.74) is 3.90. The molecule has 6 nitrogen and oxygen atoms in total. The minimum Gasteiger partial charge on any atom is -0.325 e. The number of thioether (sulfide) groups is 1. The fourth-order valence-electron chi connectivity index (χ4n) is 3.34. The van der Waals surface area contributed by atoms with Gasteiger partial charge in [-0.15, -0.1) is 0 Å². The fraction of sp³-hybridized carbons (Fsp3) is 0.154. The number of aryl methyl sites for hydroxylation is 2. The number of hydrogen-bond donors (Lipinski definition) is 1. The lowest BCUT2D eigenvalue weighted by Crippen LogP contribution is -2.24. The summed E-state index contributed by atoms with van der Waals surface area (Å²) in [5, 5.41) is 2.52. The number of benzene rings is 3. The molecule has 0 aliphatic carbocycles. The van der Waals surface area contributed by atoms with Crippen LogP contribution in [0.2, 0.25) is 0 Å². The van der Waals surface area contributed by atoms with Crippen molar-refractivity contribution in [1.82, 2.24) is 8.96 Å². The first-order valence-corrected chi connectivity index (χ1v) is 13.1. The summed E-state index contributed by atoms with van der Waals surface area (Å²) in [5.74, 6) is -0.239. The summed E-state index contributed by atoms with van der Waals surface area (Å²) in [4.78, 5) is 17.4. The Bertz CT molecular complexity index is 1400. The molecule has 0 fully saturated rings. The van der Waals surface area contributed by atoms with Crippen LogP contribution in [-0.2, 0) is 14.8 Å². The zero-order chi connectivity index (χ0) is 24.3. The second-order valence-corrected chi connectivity index (χ2v) is 11.1. The lowest BCUT2D eigenvalue weighted by molar-refractivity contribution is -0.115. The Labute approximate surface area is 204 Å². The summed E-state index contributed by atoms with van der Waals surface area (Å²) in [6, 6.07) is 23.4. The van der Waals surface area contributed by atoms with Gasteiger partial charge in [0.1, 0.15) is 0 Å². The number of nitrogens with one attached hydrogen (secondary N) is 1. The van der Waals surface area contributed by atoms with E-state index in [0.717, 1.165) is 22.9 Å². The first-order chi connectivity index (χ1) is 16.3. The van der Waals surface area contributed by atoms with Gasteiger partial charge in [-0.1, -0.05) is 77.5 Å². The molecular weight excluding hydrogens is 466 g/mol. The smallest absolute Gasteiger partial charge is 0.270 e. The topological polar surface area (TPSA) is 81.1 Å². The number of imidazole rings is 1. The van der Waals surface area contributed by atoms with Gasteiger partial charge in [-0.2, -0.15) is 0 Å². The average Bonchev–Trinajstić information content (AvgIpc) is 3.26. The van der Waals surface area contributed by atoms with Gasteiger partial charge in [-0.25, -0.2) is 17.4 Å². The van der Waals surface area contributed by atoms with Crippen LogP contribution in [-0.4, -0.2) is 28.5 Å². The van der Waals surface area contributed by atoms with Gasteiger partial charge in [0, 0.05) is 11.3 Å². The van der Waals surface area contributed by atoms with Gasteiger partial charge in [0.25, 0.3) is 10.0 Å². The SMILES string of the molecule is Cc1ccc(NC(=O)C(C)Sc2ncc(-c3ccccc3)n2S(=O)(=O)c2ccc(C)cc2)cc1. The van der Waals surface area contributed by atoms with Crippen molar-refractivity contribution in [2.45, 2.75) is 36.1 Å². The summed E-state index contributed by atoms with van der Waals surface area (Å²) in [6.07, 6.45) is 1.54. The van der Waals surface area contributed by atoms with E-state index in [0.29, 0.717) is 16.9 Å². The van der Waals surface area contributed by atoms with Crippen LogP contribution in [0.4, 0.5) is 5.69 Å². The van der Waals surface area contributed by atoms with E-state index in [-0.39, 0.29) is 16.0 Å². The van der Waals surface area contributed by atoms with Crippen LogP contribution in [0.15, 0.2) is 95.1 Å². The molecule has 0 aliphatic heterocycles. The minimum absolute atomic E-state index is 0.159. The van der Waals surface area contributed by atoms with E-state index >= 15 is 0 Å². The lowest BCUT2D eigenvalue weighted by atomic mass is 10.2. The molecule has 1 amide bonds. The molecule has 1 N–H and O–H groups in total. The van der Waals surface area contributed by atoms with Crippen molar-refractivity contribution < 1.29 is 13.2 Å². The van der Waals surface area contributed by atoms with Crippen LogP contribution >= 0.6 is 11.8 Å². The molecule has 0 saturated heterocycles. The number of amides is 1. The quantitative estimate of drug-likeness (QED) is 0.344. The van der Waals surface area contributed by atoms with Crippen LogP contribution in [0.1, 0.15) is 18.1 Å². The molecule has 0 saturated carbocycles. The Morgan fingerprint density at radius 3 is 2.12 bits per heavy atom. The molecule has 0 radical (unpaired) electrons. The molecule has 1 heterocycles. The second kappa shape index (κ2) is 9.87. The minimum atomic E-state index is -3.96. The van der Waals surface area contributed by atoms with Crippen molar-refractivity contribution in [3.8, 4) is 11.3 Å². The van der Waals surface area contributed by atoms with Crippen LogP contribution in [0.3, 0.4) is 0 Å². The fourth-order valence-corrected chi connectivity index (χ4v) is 5.91. The highest BCUT2D eigenvalue weighted by Crippen LogP contribution is 2.32. The highest BCUT2D eigenvalue weighted by Gasteiger charge is 2.28. The normalized spacial score (nSPS) is 12.3. The van der Waals surface area contributed by atoms with Crippen molar-refractivity contribution in [2.75, 3.05) is 5.32 Å². The molecule has 3 aromatic carbocycles. The van der Waals surface area contributed by atoms with Gasteiger partial charge in [-0.05, 0) is 45.0 Å². The van der Waals surface area contributed by atoms with Crippen molar-refractivity contribution >= 4 is 33.4 Å². The van der Waals surface area contributed by atoms with Gasteiger partial charge in [-0.3, -0.25) is 4.79 Å². The average molecular weight is 492 g/mol. The molecule has 0 aliphatic rings. The third-order valence-electron chi connectivity index (χ3n) is 5.29. The highest BCUT2D eigenvalue weighted by molar-refractivity contribution is 8.01. The van der Waals surface area contributed by atoms with E-state index in [1.54, 1.807) is 31.2 Å². The van der Waals surface area contributed by atoms with Crippen molar-refractivity contribution in [3.05, 3.63) is 96.2 Å². The molecule has 1 aromatic heterocycles. The third kappa shape index (κ3) is 5.08. The third-order valence-corrected chi connectivity index (χ3v) is 8.19. The van der Waals surface area contributed by atoms with Gasteiger partial charge in [0.15, 0.2) is 5.16 Å². The Balaban J connectivity index is 1.70. The molecule has 0 spiro atoms. The molecule has 4 rings (SSSR count). The number of carbonyl (C=O) groups is 1. The second-order valence-electron chi connectivity index (χ2n) is 7.99. The molecule has 4 aromatic rings. The highest BCUT2D eigenvalue weighted by atomic mass is 32.2.